The Labute approximate surface area is 127 Å². The minimum absolute atomic E-state index is 0.00960. The molecular weight excluding hydrogens is 284 g/mol. The van der Waals surface area contributed by atoms with Gasteiger partial charge in [-0.2, -0.15) is 0 Å². The third-order valence-electron chi connectivity index (χ3n) is 4.35. The average Bonchev–Trinajstić information content (AvgIpc) is 2.93. The Hall–Kier alpha value is -1.46. The van der Waals surface area contributed by atoms with E-state index < -0.39 is 0 Å². The molecule has 0 atom stereocenters. The lowest BCUT2D eigenvalue weighted by atomic mass is 9.97. The van der Waals surface area contributed by atoms with E-state index in [1.54, 1.807) is 18.3 Å². The number of nitrogens with one attached hydrogen (secondary N) is 1. The summed E-state index contributed by atoms with van der Waals surface area (Å²) >= 11 is 1.55. The number of carbonyl (C=O) groups excluding carboxylic acids is 1. The van der Waals surface area contributed by atoms with Crippen molar-refractivity contribution in [1.29, 1.82) is 0 Å². The summed E-state index contributed by atoms with van der Waals surface area (Å²) in [5, 5.41) is 5.32. The summed E-state index contributed by atoms with van der Waals surface area (Å²) in [5.74, 6) is 0.515. The molecule has 2 aromatic rings. The zero-order valence-corrected chi connectivity index (χ0v) is 13.3. The zero-order valence-electron chi connectivity index (χ0n) is 12.4. The molecular formula is C16H20N2O2S. The first-order valence-corrected chi connectivity index (χ1v) is 8.30. The zero-order chi connectivity index (χ0) is 15.0. The molecule has 0 aliphatic carbocycles. The van der Waals surface area contributed by atoms with E-state index in [0.29, 0.717) is 17.0 Å². The third kappa shape index (κ3) is 2.56. The van der Waals surface area contributed by atoms with Gasteiger partial charge in [-0.3, -0.25) is 9.59 Å². The molecule has 3 heterocycles. The van der Waals surface area contributed by atoms with Crippen molar-refractivity contribution in [2.24, 2.45) is 5.92 Å². The molecule has 1 fully saturated rings. The van der Waals surface area contributed by atoms with Crippen molar-refractivity contribution in [1.82, 2.24) is 9.88 Å². The van der Waals surface area contributed by atoms with Crippen molar-refractivity contribution in [2.75, 3.05) is 13.1 Å². The molecule has 3 rings (SSSR count). The Morgan fingerprint density at radius 2 is 2.14 bits per heavy atom. The molecule has 4 nitrogen and oxygen atoms in total. The number of carbonyl (C=O) groups is 1. The fourth-order valence-corrected chi connectivity index (χ4v) is 4.27. The summed E-state index contributed by atoms with van der Waals surface area (Å²) in [6.45, 7) is 6.12. The first kappa shape index (κ1) is 14.5. The van der Waals surface area contributed by atoms with Crippen LogP contribution in [0.2, 0.25) is 0 Å². The molecule has 1 N–H and O–H groups in total. The Morgan fingerprint density at radius 3 is 2.81 bits per heavy atom. The second kappa shape index (κ2) is 5.73. The minimum atomic E-state index is -0.0222. The molecule has 0 amide bonds. The number of rotatable bonds is 3. The van der Waals surface area contributed by atoms with Gasteiger partial charge in [0.25, 0.3) is 5.56 Å². The smallest absolute Gasteiger partial charge is 0.254 e. The van der Waals surface area contributed by atoms with Gasteiger partial charge in [-0.1, -0.05) is 0 Å². The van der Waals surface area contributed by atoms with E-state index in [2.05, 4.69) is 5.32 Å². The fraction of sp³-hybridized carbons (Fsp3) is 0.500. The van der Waals surface area contributed by atoms with Crippen molar-refractivity contribution >= 4 is 27.3 Å². The van der Waals surface area contributed by atoms with Crippen LogP contribution in [0.25, 0.3) is 10.2 Å². The highest BCUT2D eigenvalue weighted by atomic mass is 32.1. The lowest BCUT2D eigenvalue weighted by molar-refractivity contribution is 0.101. The highest BCUT2D eigenvalue weighted by Crippen LogP contribution is 2.27. The van der Waals surface area contributed by atoms with Crippen LogP contribution < -0.4 is 10.9 Å². The SMILES string of the molecule is CC(=O)c1c(C)c(=O)n(CC2CCNCC2)c2ccsc12. The van der Waals surface area contributed by atoms with Crippen LogP contribution in [0.3, 0.4) is 0 Å². The van der Waals surface area contributed by atoms with Gasteiger partial charge in [0, 0.05) is 17.7 Å². The first-order chi connectivity index (χ1) is 10.1. The largest absolute Gasteiger partial charge is 0.317 e. The Balaban J connectivity index is 2.12. The van der Waals surface area contributed by atoms with Crippen LogP contribution in [0, 0.1) is 12.8 Å². The van der Waals surface area contributed by atoms with Crippen LogP contribution in [0.5, 0.6) is 0 Å². The van der Waals surface area contributed by atoms with Gasteiger partial charge in [-0.05, 0) is 57.1 Å². The number of nitrogens with zero attached hydrogens (tertiary/aromatic N) is 1. The molecule has 0 bridgehead atoms. The van der Waals surface area contributed by atoms with Gasteiger partial charge in [0.05, 0.1) is 10.2 Å². The highest BCUT2D eigenvalue weighted by molar-refractivity contribution is 7.17. The molecule has 1 saturated heterocycles. The quantitative estimate of drug-likeness (QED) is 0.887. The van der Waals surface area contributed by atoms with Crippen molar-refractivity contribution in [3.8, 4) is 0 Å². The predicted molar refractivity (Wildman–Crippen MR) is 86.4 cm³/mol. The van der Waals surface area contributed by atoms with E-state index in [9.17, 15) is 9.59 Å². The topological polar surface area (TPSA) is 51.1 Å². The van der Waals surface area contributed by atoms with E-state index in [4.69, 9.17) is 0 Å². The summed E-state index contributed by atoms with van der Waals surface area (Å²) in [6, 6.07) is 1.97. The van der Waals surface area contributed by atoms with Crippen LogP contribution in [-0.4, -0.2) is 23.4 Å². The number of hydrogen-bond donors (Lipinski definition) is 1. The molecule has 0 unspecified atom stereocenters. The van der Waals surface area contributed by atoms with Crippen LogP contribution in [-0.2, 0) is 6.54 Å². The maximum atomic E-state index is 12.7. The van der Waals surface area contributed by atoms with Crippen LogP contribution >= 0.6 is 11.3 Å². The monoisotopic (exact) mass is 304 g/mol. The van der Waals surface area contributed by atoms with Crippen molar-refractivity contribution in [2.45, 2.75) is 33.2 Å². The molecule has 0 aromatic carbocycles. The number of fused-ring (bicyclic) bond motifs is 1. The van der Waals surface area contributed by atoms with Crippen LogP contribution in [0.1, 0.15) is 35.7 Å². The van der Waals surface area contributed by atoms with E-state index in [1.165, 1.54) is 6.92 Å². The number of hydrogen-bond acceptors (Lipinski definition) is 4. The van der Waals surface area contributed by atoms with E-state index in [-0.39, 0.29) is 11.3 Å². The predicted octanol–water partition coefficient (Wildman–Crippen LogP) is 2.57. The van der Waals surface area contributed by atoms with E-state index in [1.807, 2.05) is 16.0 Å². The second-order valence-electron chi connectivity index (χ2n) is 5.80. The van der Waals surface area contributed by atoms with Gasteiger partial charge in [-0.15, -0.1) is 11.3 Å². The number of piperidine rings is 1. The molecule has 2 aromatic heterocycles. The van der Waals surface area contributed by atoms with Crippen molar-refractivity contribution in [3.63, 3.8) is 0 Å². The fourth-order valence-electron chi connectivity index (χ4n) is 3.22. The second-order valence-corrected chi connectivity index (χ2v) is 6.72. The Bertz CT molecular complexity index is 739. The normalized spacial score (nSPS) is 16.5. The van der Waals surface area contributed by atoms with Gasteiger partial charge in [0.2, 0.25) is 0 Å². The molecule has 0 saturated carbocycles. The lowest BCUT2D eigenvalue weighted by Gasteiger charge is -2.24. The Kier molecular flexibility index (Phi) is 3.95. The minimum Gasteiger partial charge on any atom is -0.317 e. The molecule has 0 radical (unpaired) electrons. The number of thiophene rings is 1. The van der Waals surface area contributed by atoms with Crippen LogP contribution in [0.15, 0.2) is 16.2 Å². The molecule has 5 heteroatoms. The van der Waals surface area contributed by atoms with Crippen LogP contribution in [0.4, 0.5) is 0 Å². The lowest BCUT2D eigenvalue weighted by Crippen LogP contribution is -2.33. The summed E-state index contributed by atoms with van der Waals surface area (Å²) < 4.78 is 2.83. The maximum absolute atomic E-state index is 12.7. The first-order valence-electron chi connectivity index (χ1n) is 7.42. The summed E-state index contributed by atoms with van der Waals surface area (Å²) in [4.78, 5) is 24.6. The number of ketones is 1. The molecule has 0 spiro atoms. The van der Waals surface area contributed by atoms with Gasteiger partial charge in [0.1, 0.15) is 0 Å². The highest BCUT2D eigenvalue weighted by Gasteiger charge is 2.20. The number of aromatic nitrogens is 1. The number of Topliss-reactive ketones (excluding diaryl/α,β-unsaturated/α-hetero) is 1. The standard InChI is InChI=1S/C16H20N2O2S/c1-10-14(11(2)19)15-13(5-8-21-15)18(16(10)20)9-12-3-6-17-7-4-12/h5,8,12,17H,3-4,6-7,9H2,1-2H3. The summed E-state index contributed by atoms with van der Waals surface area (Å²) in [7, 11) is 0. The molecule has 1 aliphatic rings. The van der Waals surface area contributed by atoms with Crippen molar-refractivity contribution < 1.29 is 4.79 Å². The van der Waals surface area contributed by atoms with Gasteiger partial charge < -0.3 is 9.88 Å². The summed E-state index contributed by atoms with van der Waals surface area (Å²) in [6.07, 6.45) is 2.21. The van der Waals surface area contributed by atoms with Gasteiger partial charge >= 0.3 is 0 Å². The Morgan fingerprint density at radius 1 is 1.43 bits per heavy atom. The molecule has 21 heavy (non-hydrogen) atoms. The average molecular weight is 304 g/mol. The van der Waals surface area contributed by atoms with Gasteiger partial charge in [-0.25, -0.2) is 0 Å². The van der Waals surface area contributed by atoms with E-state index in [0.717, 1.165) is 42.7 Å². The summed E-state index contributed by atoms with van der Waals surface area (Å²) in [5.41, 5.74) is 2.10. The molecule has 112 valence electrons. The number of pyridine rings is 1. The van der Waals surface area contributed by atoms with Gasteiger partial charge in [0.15, 0.2) is 5.78 Å². The maximum Gasteiger partial charge on any atom is 0.254 e. The van der Waals surface area contributed by atoms with Crippen molar-refractivity contribution in [3.05, 3.63) is 32.9 Å². The van der Waals surface area contributed by atoms with E-state index >= 15 is 0 Å². The molecule has 1 aliphatic heterocycles. The third-order valence-corrected chi connectivity index (χ3v) is 5.28.